The number of nitrogens with zero attached hydrogens (tertiary/aromatic N) is 1. The molecular formula is C19H19N3O3S. The van der Waals surface area contributed by atoms with Crippen LogP contribution in [-0.4, -0.2) is 25.0 Å². The highest BCUT2D eigenvalue weighted by atomic mass is 32.1. The van der Waals surface area contributed by atoms with Gasteiger partial charge in [-0.1, -0.05) is 18.2 Å². The molecule has 0 amide bonds. The average molecular weight is 369 g/mol. The summed E-state index contributed by atoms with van der Waals surface area (Å²) in [6.45, 7) is 1.85. The van der Waals surface area contributed by atoms with Crippen molar-refractivity contribution in [2.24, 2.45) is 5.10 Å². The Bertz CT molecular complexity index is 933. The Balaban J connectivity index is 1.67. The minimum atomic E-state index is 0.354. The van der Waals surface area contributed by atoms with Gasteiger partial charge in [-0.2, -0.15) is 5.10 Å². The lowest BCUT2D eigenvalue weighted by Gasteiger charge is -2.11. The SMILES string of the molecule is COc1ccc(NC(=S)N/N=C(/C)c2cc3ccccc3o2)cc1OC. The molecule has 0 saturated carbocycles. The third-order valence-corrected chi connectivity index (χ3v) is 3.94. The molecule has 0 aliphatic heterocycles. The van der Waals surface area contributed by atoms with Crippen LogP contribution in [-0.2, 0) is 0 Å². The van der Waals surface area contributed by atoms with Gasteiger partial charge in [0.2, 0.25) is 0 Å². The third-order valence-electron chi connectivity index (χ3n) is 3.75. The molecule has 2 aromatic carbocycles. The number of thiocarbonyl (C=S) groups is 1. The molecule has 2 N–H and O–H groups in total. The number of fused-ring (bicyclic) bond motifs is 1. The van der Waals surface area contributed by atoms with Gasteiger partial charge < -0.3 is 19.2 Å². The molecule has 0 atom stereocenters. The average Bonchev–Trinajstić information content (AvgIpc) is 3.10. The lowest BCUT2D eigenvalue weighted by molar-refractivity contribution is 0.355. The van der Waals surface area contributed by atoms with Crippen LogP contribution in [0, 0.1) is 0 Å². The van der Waals surface area contributed by atoms with Crippen molar-refractivity contribution in [3.63, 3.8) is 0 Å². The number of hydrogen-bond acceptors (Lipinski definition) is 5. The first-order valence-electron chi connectivity index (χ1n) is 7.93. The van der Waals surface area contributed by atoms with Crippen LogP contribution in [0.4, 0.5) is 5.69 Å². The van der Waals surface area contributed by atoms with Crippen molar-refractivity contribution in [2.45, 2.75) is 6.92 Å². The van der Waals surface area contributed by atoms with Gasteiger partial charge in [-0.05, 0) is 43.4 Å². The fraction of sp³-hybridized carbons (Fsp3) is 0.158. The molecule has 6 nitrogen and oxygen atoms in total. The number of hydrogen-bond donors (Lipinski definition) is 2. The highest BCUT2D eigenvalue weighted by molar-refractivity contribution is 7.80. The number of para-hydroxylation sites is 1. The molecule has 26 heavy (non-hydrogen) atoms. The molecule has 0 unspecified atom stereocenters. The second kappa shape index (κ2) is 7.88. The Morgan fingerprint density at radius 3 is 2.54 bits per heavy atom. The number of rotatable bonds is 5. The molecule has 134 valence electrons. The van der Waals surface area contributed by atoms with E-state index in [1.165, 1.54) is 0 Å². The van der Waals surface area contributed by atoms with E-state index in [9.17, 15) is 0 Å². The van der Waals surface area contributed by atoms with Gasteiger partial charge in [0.05, 0.1) is 14.2 Å². The van der Waals surface area contributed by atoms with E-state index in [-0.39, 0.29) is 0 Å². The largest absolute Gasteiger partial charge is 0.493 e. The van der Waals surface area contributed by atoms with E-state index in [0.29, 0.717) is 28.1 Å². The summed E-state index contributed by atoms with van der Waals surface area (Å²) in [6.07, 6.45) is 0. The van der Waals surface area contributed by atoms with E-state index in [4.69, 9.17) is 26.1 Å². The van der Waals surface area contributed by atoms with Crippen LogP contribution in [0.3, 0.4) is 0 Å². The topological polar surface area (TPSA) is 68.0 Å². The lowest BCUT2D eigenvalue weighted by atomic mass is 10.2. The van der Waals surface area contributed by atoms with Gasteiger partial charge in [0, 0.05) is 17.1 Å². The first-order valence-corrected chi connectivity index (χ1v) is 8.34. The normalized spacial score (nSPS) is 11.3. The molecule has 1 aromatic heterocycles. The van der Waals surface area contributed by atoms with E-state index in [2.05, 4.69) is 15.8 Å². The monoisotopic (exact) mass is 369 g/mol. The molecular weight excluding hydrogens is 350 g/mol. The molecule has 0 fully saturated rings. The smallest absolute Gasteiger partial charge is 0.191 e. The Morgan fingerprint density at radius 2 is 1.81 bits per heavy atom. The van der Waals surface area contributed by atoms with Crippen LogP contribution in [0.15, 0.2) is 58.0 Å². The van der Waals surface area contributed by atoms with Crippen molar-refractivity contribution in [1.29, 1.82) is 0 Å². The van der Waals surface area contributed by atoms with Gasteiger partial charge in [0.1, 0.15) is 11.3 Å². The van der Waals surface area contributed by atoms with Crippen LogP contribution in [0.1, 0.15) is 12.7 Å². The van der Waals surface area contributed by atoms with E-state index in [1.807, 2.05) is 43.3 Å². The zero-order valence-corrected chi connectivity index (χ0v) is 15.5. The van der Waals surface area contributed by atoms with Gasteiger partial charge in [0.25, 0.3) is 0 Å². The summed E-state index contributed by atoms with van der Waals surface area (Å²) in [5, 5.41) is 8.71. The molecule has 1 heterocycles. The van der Waals surface area contributed by atoms with Gasteiger partial charge in [-0.3, -0.25) is 5.43 Å². The number of methoxy groups -OCH3 is 2. The first kappa shape index (κ1) is 17.8. The Kier molecular flexibility index (Phi) is 5.38. The Hall–Kier alpha value is -3.06. The predicted octanol–water partition coefficient (Wildman–Crippen LogP) is 4.16. The summed E-state index contributed by atoms with van der Waals surface area (Å²) in [4.78, 5) is 0. The summed E-state index contributed by atoms with van der Waals surface area (Å²) in [6, 6.07) is 15.2. The van der Waals surface area contributed by atoms with Crippen LogP contribution >= 0.6 is 12.2 Å². The number of ether oxygens (including phenoxy) is 2. The number of nitrogens with one attached hydrogen (secondary N) is 2. The highest BCUT2D eigenvalue weighted by Crippen LogP contribution is 2.29. The predicted molar refractivity (Wildman–Crippen MR) is 107 cm³/mol. The van der Waals surface area contributed by atoms with E-state index >= 15 is 0 Å². The Labute approximate surface area is 156 Å². The number of hydrazone groups is 1. The van der Waals surface area contributed by atoms with Crippen molar-refractivity contribution in [3.8, 4) is 11.5 Å². The second-order valence-electron chi connectivity index (χ2n) is 5.48. The van der Waals surface area contributed by atoms with E-state index in [1.54, 1.807) is 26.4 Å². The zero-order valence-electron chi connectivity index (χ0n) is 14.7. The summed E-state index contributed by atoms with van der Waals surface area (Å²) < 4.78 is 16.3. The van der Waals surface area contributed by atoms with Gasteiger partial charge in [-0.25, -0.2) is 0 Å². The van der Waals surface area contributed by atoms with Crippen molar-refractivity contribution in [3.05, 3.63) is 54.3 Å². The van der Waals surface area contributed by atoms with Gasteiger partial charge >= 0.3 is 0 Å². The molecule has 3 rings (SSSR count). The molecule has 0 bridgehead atoms. The van der Waals surface area contributed by atoms with Crippen LogP contribution < -0.4 is 20.2 Å². The summed E-state index contributed by atoms with van der Waals surface area (Å²) in [7, 11) is 3.17. The van der Waals surface area contributed by atoms with Crippen molar-refractivity contribution in [1.82, 2.24) is 5.43 Å². The molecule has 3 aromatic rings. The first-order chi connectivity index (χ1) is 12.6. The summed E-state index contributed by atoms with van der Waals surface area (Å²) in [5.41, 5.74) is 5.09. The van der Waals surface area contributed by atoms with Crippen molar-refractivity contribution >= 4 is 39.7 Å². The summed E-state index contributed by atoms with van der Waals surface area (Å²) >= 11 is 5.28. The second-order valence-corrected chi connectivity index (χ2v) is 5.89. The van der Waals surface area contributed by atoms with Crippen LogP contribution in [0.25, 0.3) is 11.0 Å². The number of anilines is 1. The molecule has 7 heteroatoms. The molecule has 0 aliphatic rings. The fourth-order valence-corrected chi connectivity index (χ4v) is 2.59. The van der Waals surface area contributed by atoms with Crippen LogP contribution in [0.2, 0.25) is 0 Å². The standard InChI is InChI=1S/C19H19N3O3S/c1-12(17-10-13-6-4-5-7-15(13)25-17)21-22-19(26)20-14-8-9-16(23-2)18(11-14)24-3/h4-11H,1-3H3,(H2,20,22,26)/b21-12-. The zero-order chi connectivity index (χ0) is 18.5. The summed E-state index contributed by atoms with van der Waals surface area (Å²) in [5.74, 6) is 1.95. The van der Waals surface area contributed by atoms with E-state index < -0.39 is 0 Å². The van der Waals surface area contributed by atoms with Gasteiger partial charge in [0.15, 0.2) is 22.4 Å². The maximum Gasteiger partial charge on any atom is 0.191 e. The van der Waals surface area contributed by atoms with Crippen LogP contribution in [0.5, 0.6) is 11.5 Å². The molecule has 0 aliphatic carbocycles. The highest BCUT2D eigenvalue weighted by Gasteiger charge is 2.08. The molecule has 0 radical (unpaired) electrons. The number of benzene rings is 2. The molecule has 0 saturated heterocycles. The third kappa shape index (κ3) is 3.94. The van der Waals surface area contributed by atoms with Crippen molar-refractivity contribution in [2.75, 3.05) is 19.5 Å². The van der Waals surface area contributed by atoms with Crippen molar-refractivity contribution < 1.29 is 13.9 Å². The van der Waals surface area contributed by atoms with E-state index in [0.717, 1.165) is 16.7 Å². The maximum atomic E-state index is 5.77. The lowest BCUT2D eigenvalue weighted by Crippen LogP contribution is -2.24. The minimum Gasteiger partial charge on any atom is -0.493 e. The van der Waals surface area contributed by atoms with Gasteiger partial charge in [-0.15, -0.1) is 0 Å². The molecule has 0 spiro atoms. The quantitative estimate of drug-likeness (QED) is 0.400. The maximum absolute atomic E-state index is 5.77. The minimum absolute atomic E-state index is 0.354. The Morgan fingerprint density at radius 1 is 1.04 bits per heavy atom. The fourth-order valence-electron chi connectivity index (χ4n) is 2.42. The number of furan rings is 1.